The van der Waals surface area contributed by atoms with Gasteiger partial charge >= 0.3 is 0 Å². The number of aliphatic hydroxyl groups is 1. The van der Waals surface area contributed by atoms with Crippen LogP contribution in [-0.4, -0.2) is 23.2 Å². The Balaban J connectivity index is 2.51. The number of hydrogen-bond donors (Lipinski definition) is 2. The molecule has 2 N–H and O–H groups in total. The highest BCUT2D eigenvalue weighted by Crippen LogP contribution is 2.21. The van der Waals surface area contributed by atoms with Crippen LogP contribution in [0.15, 0.2) is 11.4 Å². The van der Waals surface area contributed by atoms with E-state index in [-0.39, 0.29) is 12.5 Å². The Morgan fingerprint density at radius 1 is 1.69 bits per heavy atom. The zero-order valence-electron chi connectivity index (χ0n) is 9.42. The lowest BCUT2D eigenvalue weighted by Crippen LogP contribution is -2.40. The normalized spacial score (nSPS) is 14.5. The maximum Gasteiger partial charge on any atom is 0.262 e. The van der Waals surface area contributed by atoms with Crippen molar-refractivity contribution in [2.75, 3.05) is 6.54 Å². The van der Waals surface area contributed by atoms with Gasteiger partial charge in [-0.25, -0.2) is 0 Å². The molecule has 1 unspecified atom stereocenters. The SMILES string of the molecule is CCCC(C)(O)CNC(=O)c1sccc1Cl. The van der Waals surface area contributed by atoms with Crippen LogP contribution >= 0.6 is 22.9 Å². The largest absolute Gasteiger partial charge is 0.388 e. The van der Waals surface area contributed by atoms with Gasteiger partial charge in [0.05, 0.1) is 10.6 Å². The van der Waals surface area contributed by atoms with Crippen LogP contribution in [0.4, 0.5) is 0 Å². The third-order valence-electron chi connectivity index (χ3n) is 2.24. The molecule has 3 nitrogen and oxygen atoms in total. The number of carbonyl (C=O) groups is 1. The Kier molecular flexibility index (Phi) is 4.77. The number of nitrogens with one attached hydrogen (secondary N) is 1. The number of rotatable bonds is 5. The summed E-state index contributed by atoms with van der Waals surface area (Å²) in [5.74, 6) is -0.226. The minimum absolute atomic E-state index is 0.226. The first-order valence-corrected chi connectivity index (χ1v) is 6.45. The highest BCUT2D eigenvalue weighted by molar-refractivity contribution is 7.12. The van der Waals surface area contributed by atoms with Crippen LogP contribution in [0.2, 0.25) is 5.02 Å². The average Bonchev–Trinajstić information content (AvgIpc) is 2.61. The van der Waals surface area contributed by atoms with Gasteiger partial charge in [0.2, 0.25) is 0 Å². The second kappa shape index (κ2) is 5.66. The molecule has 1 rings (SSSR count). The summed E-state index contributed by atoms with van der Waals surface area (Å²) in [6, 6.07) is 1.69. The van der Waals surface area contributed by atoms with Crippen LogP contribution in [0, 0.1) is 0 Å². The van der Waals surface area contributed by atoms with Crippen molar-refractivity contribution in [3.8, 4) is 0 Å². The molecule has 1 aromatic rings. The van der Waals surface area contributed by atoms with Crippen molar-refractivity contribution >= 4 is 28.8 Å². The van der Waals surface area contributed by atoms with Crippen molar-refractivity contribution in [3.63, 3.8) is 0 Å². The van der Waals surface area contributed by atoms with Crippen molar-refractivity contribution in [2.24, 2.45) is 0 Å². The Hall–Kier alpha value is -0.580. The van der Waals surface area contributed by atoms with Crippen LogP contribution in [-0.2, 0) is 0 Å². The third kappa shape index (κ3) is 3.77. The number of hydrogen-bond acceptors (Lipinski definition) is 3. The molecule has 0 bridgehead atoms. The smallest absolute Gasteiger partial charge is 0.262 e. The van der Waals surface area contributed by atoms with Gasteiger partial charge in [0.15, 0.2) is 0 Å². The highest BCUT2D eigenvalue weighted by Gasteiger charge is 2.21. The van der Waals surface area contributed by atoms with Crippen LogP contribution in [0.5, 0.6) is 0 Å². The molecule has 0 saturated heterocycles. The molecule has 0 aliphatic heterocycles. The minimum Gasteiger partial charge on any atom is -0.388 e. The number of carbonyl (C=O) groups excluding carboxylic acids is 1. The average molecular weight is 262 g/mol. The van der Waals surface area contributed by atoms with Crippen LogP contribution in [0.3, 0.4) is 0 Å². The van der Waals surface area contributed by atoms with E-state index in [0.717, 1.165) is 6.42 Å². The standard InChI is InChI=1S/C11H16ClNO2S/c1-3-5-11(2,15)7-13-10(14)9-8(12)4-6-16-9/h4,6,15H,3,5,7H2,1-2H3,(H,13,14). The molecule has 1 heterocycles. The first kappa shape index (κ1) is 13.5. The summed E-state index contributed by atoms with van der Waals surface area (Å²) in [5, 5.41) is 14.8. The molecule has 1 aromatic heterocycles. The maximum absolute atomic E-state index is 11.7. The monoisotopic (exact) mass is 261 g/mol. The predicted octanol–water partition coefficient (Wildman–Crippen LogP) is 2.68. The van der Waals surface area contributed by atoms with E-state index in [2.05, 4.69) is 5.32 Å². The lowest BCUT2D eigenvalue weighted by Gasteiger charge is -2.22. The second-order valence-electron chi connectivity index (χ2n) is 4.03. The van der Waals surface area contributed by atoms with E-state index in [1.165, 1.54) is 11.3 Å². The van der Waals surface area contributed by atoms with Crippen molar-refractivity contribution in [2.45, 2.75) is 32.3 Å². The van der Waals surface area contributed by atoms with Crippen molar-refractivity contribution in [1.29, 1.82) is 0 Å². The van der Waals surface area contributed by atoms with E-state index in [0.29, 0.717) is 16.3 Å². The Morgan fingerprint density at radius 2 is 2.38 bits per heavy atom. The molecule has 0 radical (unpaired) electrons. The summed E-state index contributed by atoms with van der Waals surface area (Å²) < 4.78 is 0. The first-order chi connectivity index (χ1) is 7.46. The van der Waals surface area contributed by atoms with Gasteiger partial charge in [-0.15, -0.1) is 11.3 Å². The lowest BCUT2D eigenvalue weighted by molar-refractivity contribution is 0.0470. The van der Waals surface area contributed by atoms with Crippen molar-refractivity contribution in [3.05, 3.63) is 21.3 Å². The predicted molar refractivity (Wildman–Crippen MR) is 67.2 cm³/mol. The van der Waals surface area contributed by atoms with Crippen LogP contribution in [0.1, 0.15) is 36.4 Å². The molecular formula is C11H16ClNO2S. The van der Waals surface area contributed by atoms with E-state index in [9.17, 15) is 9.90 Å². The van der Waals surface area contributed by atoms with E-state index < -0.39 is 5.60 Å². The Labute approximate surface area is 104 Å². The second-order valence-corrected chi connectivity index (χ2v) is 5.35. The Morgan fingerprint density at radius 3 is 2.88 bits per heavy atom. The fourth-order valence-electron chi connectivity index (χ4n) is 1.43. The summed E-state index contributed by atoms with van der Waals surface area (Å²) in [4.78, 5) is 12.2. The molecular weight excluding hydrogens is 246 g/mol. The quantitative estimate of drug-likeness (QED) is 0.856. The molecule has 0 aliphatic rings. The molecule has 1 atom stereocenters. The van der Waals surface area contributed by atoms with E-state index in [1.807, 2.05) is 6.92 Å². The third-order valence-corrected chi connectivity index (χ3v) is 3.58. The van der Waals surface area contributed by atoms with E-state index >= 15 is 0 Å². The zero-order valence-corrected chi connectivity index (χ0v) is 11.0. The van der Waals surface area contributed by atoms with E-state index in [4.69, 9.17) is 11.6 Å². The van der Waals surface area contributed by atoms with Gasteiger partial charge in [-0.05, 0) is 24.8 Å². The summed E-state index contributed by atoms with van der Waals surface area (Å²) >= 11 is 7.13. The fourth-order valence-corrected chi connectivity index (χ4v) is 2.49. The number of thiophene rings is 1. The van der Waals surface area contributed by atoms with Gasteiger partial charge in [-0.3, -0.25) is 4.79 Å². The van der Waals surface area contributed by atoms with Crippen LogP contribution in [0.25, 0.3) is 0 Å². The summed E-state index contributed by atoms with van der Waals surface area (Å²) in [5.41, 5.74) is -0.853. The molecule has 0 saturated carbocycles. The number of halogens is 1. The molecule has 1 amide bonds. The first-order valence-electron chi connectivity index (χ1n) is 5.20. The topological polar surface area (TPSA) is 49.3 Å². The van der Waals surface area contributed by atoms with Gasteiger partial charge in [0, 0.05) is 6.54 Å². The van der Waals surface area contributed by atoms with Crippen LogP contribution < -0.4 is 5.32 Å². The van der Waals surface area contributed by atoms with Gasteiger partial charge < -0.3 is 10.4 Å². The van der Waals surface area contributed by atoms with Crippen molar-refractivity contribution in [1.82, 2.24) is 5.32 Å². The zero-order chi connectivity index (χ0) is 12.2. The molecule has 0 spiro atoms. The summed E-state index contributed by atoms with van der Waals surface area (Å²) in [6.07, 6.45) is 1.54. The fraction of sp³-hybridized carbons (Fsp3) is 0.545. The highest BCUT2D eigenvalue weighted by atomic mass is 35.5. The lowest BCUT2D eigenvalue weighted by atomic mass is 10.0. The number of amides is 1. The van der Waals surface area contributed by atoms with Gasteiger partial charge in [0.1, 0.15) is 4.88 Å². The molecule has 0 fully saturated rings. The van der Waals surface area contributed by atoms with Gasteiger partial charge in [-0.2, -0.15) is 0 Å². The van der Waals surface area contributed by atoms with Gasteiger partial charge in [0.25, 0.3) is 5.91 Å². The molecule has 0 aromatic carbocycles. The summed E-state index contributed by atoms with van der Waals surface area (Å²) in [6.45, 7) is 3.95. The Bertz CT molecular complexity index is 363. The van der Waals surface area contributed by atoms with E-state index in [1.54, 1.807) is 18.4 Å². The molecule has 90 valence electrons. The minimum atomic E-state index is -0.853. The van der Waals surface area contributed by atoms with Crippen molar-refractivity contribution < 1.29 is 9.90 Å². The maximum atomic E-state index is 11.7. The molecule has 16 heavy (non-hydrogen) atoms. The molecule has 5 heteroatoms. The summed E-state index contributed by atoms with van der Waals surface area (Å²) in [7, 11) is 0. The molecule has 0 aliphatic carbocycles. The van der Waals surface area contributed by atoms with Gasteiger partial charge in [-0.1, -0.05) is 24.9 Å².